The molecule has 0 amide bonds. The van der Waals surface area contributed by atoms with Crippen molar-refractivity contribution >= 4 is 23.4 Å². The lowest BCUT2D eigenvalue weighted by atomic mass is 9.84. The summed E-state index contributed by atoms with van der Waals surface area (Å²) in [5.74, 6) is 0.281. The van der Waals surface area contributed by atoms with E-state index < -0.39 is 4.75 Å². The Bertz CT molecular complexity index is 1270. The minimum atomic E-state index is -0.531. The fourth-order valence-corrected chi connectivity index (χ4v) is 6.47. The number of phenolic OH excluding ortho intramolecular Hbond substituents is 1. The van der Waals surface area contributed by atoms with Crippen molar-refractivity contribution in [3.05, 3.63) is 172 Å². The number of aromatic hydroxyl groups is 1. The first-order valence-electron chi connectivity index (χ1n) is 11.6. The van der Waals surface area contributed by atoms with E-state index in [4.69, 9.17) is 11.6 Å². The third-order valence-electron chi connectivity index (χ3n) is 6.23. The Morgan fingerprint density at radius 1 is 0.543 bits per heavy atom. The minimum absolute atomic E-state index is 0.158. The molecule has 0 aliphatic carbocycles. The lowest BCUT2D eigenvalue weighted by Gasteiger charge is -2.38. The molecule has 0 spiro atoms. The third-order valence-corrected chi connectivity index (χ3v) is 8.30. The van der Waals surface area contributed by atoms with Crippen molar-refractivity contribution in [3.63, 3.8) is 0 Å². The van der Waals surface area contributed by atoms with Gasteiger partial charge in [0.15, 0.2) is 0 Å². The Balaban J connectivity index is 1.80. The molecule has 0 unspecified atom stereocenters. The summed E-state index contributed by atoms with van der Waals surface area (Å²) in [5.41, 5.74) is 5.48. The zero-order valence-corrected chi connectivity index (χ0v) is 20.7. The second kappa shape index (κ2) is 10.4. The average Bonchev–Trinajstić information content (AvgIpc) is 2.92. The van der Waals surface area contributed by atoms with Crippen LogP contribution in [0.4, 0.5) is 0 Å². The van der Waals surface area contributed by atoms with Crippen LogP contribution in [0.1, 0.15) is 33.1 Å². The van der Waals surface area contributed by atoms with Crippen molar-refractivity contribution in [2.75, 3.05) is 0 Å². The minimum Gasteiger partial charge on any atom is -0.508 e. The Morgan fingerprint density at radius 3 is 1.43 bits per heavy atom. The molecular weight excluding hydrogens is 468 g/mol. The van der Waals surface area contributed by atoms with Crippen LogP contribution in [0.3, 0.4) is 0 Å². The number of halogens is 1. The second-order valence-electron chi connectivity index (χ2n) is 8.39. The first kappa shape index (κ1) is 23.3. The quantitative estimate of drug-likeness (QED) is 0.229. The van der Waals surface area contributed by atoms with Crippen molar-refractivity contribution in [1.82, 2.24) is 0 Å². The van der Waals surface area contributed by atoms with E-state index in [1.807, 2.05) is 42.1 Å². The summed E-state index contributed by atoms with van der Waals surface area (Å²) in [6.07, 6.45) is 0. The molecule has 3 heteroatoms. The van der Waals surface area contributed by atoms with Gasteiger partial charge in [0.2, 0.25) is 0 Å². The number of rotatable bonds is 7. The van der Waals surface area contributed by atoms with Gasteiger partial charge in [-0.05, 0) is 40.5 Å². The molecule has 0 radical (unpaired) electrons. The van der Waals surface area contributed by atoms with Crippen LogP contribution in [0.25, 0.3) is 0 Å². The third kappa shape index (κ3) is 4.73. The number of thioether (sulfide) groups is 1. The molecule has 0 saturated heterocycles. The number of hydrogen-bond acceptors (Lipinski definition) is 2. The monoisotopic (exact) mass is 492 g/mol. The highest BCUT2D eigenvalue weighted by Gasteiger charge is 2.40. The predicted octanol–water partition coefficient (Wildman–Crippen LogP) is 8.86. The molecule has 0 heterocycles. The predicted molar refractivity (Wildman–Crippen MR) is 148 cm³/mol. The van der Waals surface area contributed by atoms with Gasteiger partial charge in [0.05, 0.1) is 10.00 Å². The number of phenols is 1. The van der Waals surface area contributed by atoms with E-state index >= 15 is 0 Å². The van der Waals surface area contributed by atoms with Crippen molar-refractivity contribution in [1.29, 1.82) is 0 Å². The van der Waals surface area contributed by atoms with Gasteiger partial charge < -0.3 is 5.11 Å². The Labute approximate surface area is 216 Å². The van der Waals surface area contributed by atoms with Gasteiger partial charge in [-0.3, -0.25) is 0 Å². The average molecular weight is 493 g/mol. The molecule has 1 nitrogen and oxygen atoms in total. The van der Waals surface area contributed by atoms with Crippen molar-refractivity contribution in [3.8, 4) is 5.75 Å². The molecule has 35 heavy (non-hydrogen) atoms. The molecule has 1 atom stereocenters. The van der Waals surface area contributed by atoms with E-state index in [-0.39, 0.29) is 11.0 Å². The molecule has 1 N–H and O–H groups in total. The summed E-state index contributed by atoms with van der Waals surface area (Å²) in [5, 5.41) is 11.5. The molecule has 0 saturated carbocycles. The summed E-state index contributed by atoms with van der Waals surface area (Å²) in [6, 6.07) is 47.4. The molecular formula is C32H25ClOS. The van der Waals surface area contributed by atoms with Crippen LogP contribution >= 0.6 is 23.4 Å². The van der Waals surface area contributed by atoms with Crippen molar-refractivity contribution in [2.45, 2.75) is 10.00 Å². The van der Waals surface area contributed by atoms with Crippen LogP contribution in [0.2, 0.25) is 5.02 Å². The maximum Gasteiger partial charge on any atom is 0.120 e. The molecule has 0 aromatic heterocycles. The summed E-state index contributed by atoms with van der Waals surface area (Å²) >= 11 is 8.08. The fourth-order valence-electron chi connectivity index (χ4n) is 4.56. The molecule has 5 aromatic rings. The van der Waals surface area contributed by atoms with E-state index in [1.54, 1.807) is 6.07 Å². The van der Waals surface area contributed by atoms with Gasteiger partial charge in [0.25, 0.3) is 0 Å². The lowest BCUT2D eigenvalue weighted by molar-refractivity contribution is 0.469. The first-order chi connectivity index (χ1) is 17.2. The molecule has 5 rings (SSSR count). The maximum atomic E-state index is 11.0. The van der Waals surface area contributed by atoms with E-state index in [9.17, 15) is 5.11 Å². The fraction of sp³-hybridized carbons (Fsp3) is 0.0625. The zero-order valence-electron chi connectivity index (χ0n) is 19.1. The normalized spacial score (nSPS) is 12.3. The Kier molecular flexibility index (Phi) is 6.94. The highest BCUT2D eigenvalue weighted by molar-refractivity contribution is 8.01. The molecule has 5 aromatic carbocycles. The Hall–Kier alpha value is -3.46. The van der Waals surface area contributed by atoms with Gasteiger partial charge in [-0.1, -0.05) is 133 Å². The topological polar surface area (TPSA) is 20.2 Å². The van der Waals surface area contributed by atoms with Crippen LogP contribution in [0.15, 0.2) is 140 Å². The van der Waals surface area contributed by atoms with E-state index in [2.05, 4.69) is 103 Å². The largest absolute Gasteiger partial charge is 0.508 e. The van der Waals surface area contributed by atoms with Crippen LogP contribution < -0.4 is 0 Å². The van der Waals surface area contributed by atoms with E-state index in [1.165, 1.54) is 16.7 Å². The van der Waals surface area contributed by atoms with Crippen LogP contribution in [-0.2, 0) is 4.75 Å². The lowest BCUT2D eigenvalue weighted by Crippen LogP contribution is -2.27. The maximum absolute atomic E-state index is 11.0. The van der Waals surface area contributed by atoms with E-state index in [0.29, 0.717) is 5.02 Å². The summed E-state index contributed by atoms with van der Waals surface area (Å²) in [7, 11) is 0. The van der Waals surface area contributed by atoms with Crippen LogP contribution in [-0.4, -0.2) is 5.11 Å². The molecule has 172 valence electrons. The standard InChI is InChI=1S/C32H25ClOS/c33-28-22-20-24(21-23-28)31(29-18-10-11-19-30(29)34)35-32(25-12-4-1-5-13-25,26-14-6-2-7-15-26)27-16-8-3-9-17-27/h1-23,31,34H/t31-/m1/s1. The molecule has 0 aliphatic heterocycles. The zero-order chi connectivity index (χ0) is 24.1. The van der Waals surface area contributed by atoms with Gasteiger partial charge in [-0.25, -0.2) is 0 Å². The van der Waals surface area contributed by atoms with Gasteiger partial charge >= 0.3 is 0 Å². The summed E-state index contributed by atoms with van der Waals surface area (Å²) in [6.45, 7) is 0. The van der Waals surface area contributed by atoms with E-state index in [0.717, 1.165) is 11.1 Å². The summed E-state index contributed by atoms with van der Waals surface area (Å²) in [4.78, 5) is 0. The number of hydrogen-bond donors (Lipinski definition) is 1. The van der Waals surface area contributed by atoms with Gasteiger partial charge in [-0.2, -0.15) is 0 Å². The highest BCUT2D eigenvalue weighted by Crippen LogP contribution is 2.56. The Morgan fingerprint density at radius 2 is 0.971 bits per heavy atom. The van der Waals surface area contributed by atoms with Crippen molar-refractivity contribution < 1.29 is 5.11 Å². The van der Waals surface area contributed by atoms with Crippen LogP contribution in [0.5, 0.6) is 5.75 Å². The highest BCUT2D eigenvalue weighted by atomic mass is 35.5. The van der Waals surface area contributed by atoms with Gasteiger partial charge in [-0.15, -0.1) is 11.8 Å². The summed E-state index contributed by atoms with van der Waals surface area (Å²) < 4.78 is -0.531. The van der Waals surface area contributed by atoms with Crippen molar-refractivity contribution in [2.24, 2.45) is 0 Å². The molecule has 0 fully saturated rings. The number of para-hydroxylation sites is 1. The smallest absolute Gasteiger partial charge is 0.120 e. The van der Waals surface area contributed by atoms with Gasteiger partial charge in [0.1, 0.15) is 5.75 Å². The second-order valence-corrected chi connectivity index (χ2v) is 10.1. The molecule has 0 aliphatic rings. The number of benzene rings is 5. The van der Waals surface area contributed by atoms with Gasteiger partial charge in [0, 0.05) is 10.6 Å². The SMILES string of the molecule is Oc1ccccc1[C@H](SC(c1ccccc1)(c1ccccc1)c1ccccc1)c1ccc(Cl)cc1. The first-order valence-corrected chi connectivity index (χ1v) is 12.8. The van der Waals surface area contributed by atoms with Crippen LogP contribution in [0, 0.1) is 0 Å². The molecule has 0 bridgehead atoms.